The molecule has 2 unspecified atom stereocenters. The molecule has 1 saturated heterocycles. The second kappa shape index (κ2) is 9.57. The topological polar surface area (TPSA) is 131 Å². The van der Waals surface area contributed by atoms with Crippen molar-refractivity contribution in [1.29, 1.82) is 0 Å². The molecule has 11 heteroatoms. The molecule has 198 valence electrons. The molecule has 1 fully saturated rings. The number of amides is 1. The molecule has 1 aromatic carbocycles. The standard InChI is InChI=1S/C28H28BrN9O/c1-16-11-28(3,12-17(2)37(16)27(39)25-32-15-33-36-25)23-22(29)24(30)38-26(35-23)20(14-34-38)19-9-10-21(31-13-19)18-7-5-4-6-8-18/h4-10,13-17H,11-12,30H2,1-3H3,(H,32,33,36). The Morgan fingerprint density at radius 3 is 2.44 bits per heavy atom. The van der Waals surface area contributed by atoms with Gasteiger partial charge in [-0.15, -0.1) is 0 Å². The van der Waals surface area contributed by atoms with Gasteiger partial charge in [-0.05, 0) is 48.7 Å². The smallest absolute Gasteiger partial charge is 0.291 e. The molecule has 1 amide bonds. The van der Waals surface area contributed by atoms with Crippen molar-refractivity contribution < 1.29 is 4.79 Å². The van der Waals surface area contributed by atoms with Gasteiger partial charge in [0.2, 0.25) is 5.82 Å². The highest BCUT2D eigenvalue weighted by atomic mass is 79.9. The molecule has 3 N–H and O–H groups in total. The monoisotopic (exact) mass is 585 g/mol. The van der Waals surface area contributed by atoms with Crippen molar-refractivity contribution in [3.8, 4) is 22.4 Å². The molecule has 10 nitrogen and oxygen atoms in total. The van der Waals surface area contributed by atoms with E-state index in [0.717, 1.165) is 32.6 Å². The lowest BCUT2D eigenvalue weighted by molar-refractivity contribution is 0.0358. The van der Waals surface area contributed by atoms with Crippen molar-refractivity contribution in [2.24, 2.45) is 0 Å². The van der Waals surface area contributed by atoms with E-state index in [1.165, 1.54) is 6.33 Å². The second-order valence-corrected chi connectivity index (χ2v) is 11.3. The first-order chi connectivity index (χ1) is 18.8. The number of nitrogens with zero attached hydrogens (tertiary/aromatic N) is 7. The number of hydrogen-bond acceptors (Lipinski definition) is 7. The predicted molar refractivity (Wildman–Crippen MR) is 152 cm³/mol. The summed E-state index contributed by atoms with van der Waals surface area (Å²) in [6, 6.07) is 14.0. The zero-order valence-corrected chi connectivity index (χ0v) is 23.4. The van der Waals surface area contributed by atoms with Gasteiger partial charge in [-0.3, -0.25) is 14.9 Å². The number of carbonyl (C=O) groups is 1. The maximum atomic E-state index is 13.1. The molecule has 0 bridgehead atoms. The third kappa shape index (κ3) is 4.26. The lowest BCUT2D eigenvalue weighted by Gasteiger charge is -2.47. The summed E-state index contributed by atoms with van der Waals surface area (Å²) in [5.41, 5.74) is 11.5. The minimum atomic E-state index is -0.345. The molecule has 1 aliphatic heterocycles. The first kappa shape index (κ1) is 25.2. The van der Waals surface area contributed by atoms with E-state index in [0.29, 0.717) is 24.3 Å². The molecule has 0 radical (unpaired) electrons. The van der Waals surface area contributed by atoms with Crippen molar-refractivity contribution in [3.63, 3.8) is 0 Å². The van der Waals surface area contributed by atoms with Crippen LogP contribution in [0.15, 0.2) is 65.7 Å². The number of pyridine rings is 1. The van der Waals surface area contributed by atoms with Gasteiger partial charge in [0.05, 0.1) is 22.1 Å². The highest BCUT2D eigenvalue weighted by Crippen LogP contribution is 2.44. The van der Waals surface area contributed by atoms with E-state index in [-0.39, 0.29) is 29.2 Å². The average molecular weight is 586 g/mol. The molecule has 39 heavy (non-hydrogen) atoms. The van der Waals surface area contributed by atoms with E-state index in [1.807, 2.05) is 53.6 Å². The number of nitrogens with one attached hydrogen (secondary N) is 1. The lowest BCUT2D eigenvalue weighted by Crippen LogP contribution is -2.54. The van der Waals surface area contributed by atoms with E-state index in [1.54, 1.807) is 10.7 Å². The Kier molecular flexibility index (Phi) is 6.17. The van der Waals surface area contributed by atoms with Gasteiger partial charge in [-0.1, -0.05) is 43.3 Å². The SMILES string of the molecule is CC1CC(C)(c2nc3c(-c4ccc(-c5ccccc5)nc4)cnn3c(N)c2Br)CC(C)N1C(=O)c1ncn[nH]1. The summed E-state index contributed by atoms with van der Waals surface area (Å²) < 4.78 is 2.38. The van der Waals surface area contributed by atoms with Crippen LogP contribution >= 0.6 is 15.9 Å². The third-order valence-electron chi connectivity index (χ3n) is 7.63. The summed E-state index contributed by atoms with van der Waals surface area (Å²) in [5, 5.41) is 11.1. The number of aromatic amines is 1. The fourth-order valence-electron chi connectivity index (χ4n) is 5.97. The highest BCUT2D eigenvalue weighted by molar-refractivity contribution is 9.10. The van der Waals surface area contributed by atoms with E-state index < -0.39 is 0 Å². The number of benzene rings is 1. The molecular weight excluding hydrogens is 558 g/mol. The summed E-state index contributed by atoms with van der Waals surface area (Å²) in [7, 11) is 0. The van der Waals surface area contributed by atoms with Gasteiger partial charge >= 0.3 is 0 Å². The van der Waals surface area contributed by atoms with Crippen LogP contribution in [0, 0.1) is 0 Å². The fraction of sp³-hybridized carbons (Fsp3) is 0.286. The van der Waals surface area contributed by atoms with Crippen molar-refractivity contribution in [3.05, 3.63) is 77.2 Å². The van der Waals surface area contributed by atoms with Crippen molar-refractivity contribution in [2.75, 3.05) is 5.73 Å². The molecular formula is C28H28BrN9O. The Morgan fingerprint density at radius 1 is 1.05 bits per heavy atom. The Morgan fingerprint density at radius 2 is 1.79 bits per heavy atom. The second-order valence-electron chi connectivity index (χ2n) is 10.5. The Bertz CT molecular complexity index is 1640. The summed E-state index contributed by atoms with van der Waals surface area (Å²) >= 11 is 3.72. The molecule has 5 heterocycles. The highest BCUT2D eigenvalue weighted by Gasteiger charge is 2.44. The van der Waals surface area contributed by atoms with Crippen LogP contribution in [-0.4, -0.2) is 57.7 Å². The zero-order valence-electron chi connectivity index (χ0n) is 21.8. The van der Waals surface area contributed by atoms with Gasteiger partial charge in [-0.25, -0.2) is 9.97 Å². The summed E-state index contributed by atoms with van der Waals surface area (Å²) in [5.74, 6) is 0.580. The fourth-order valence-corrected chi connectivity index (χ4v) is 6.71. The number of rotatable bonds is 4. The molecule has 6 rings (SSSR count). The van der Waals surface area contributed by atoms with Crippen molar-refractivity contribution in [1.82, 2.24) is 39.7 Å². The van der Waals surface area contributed by atoms with Gasteiger partial charge < -0.3 is 10.6 Å². The van der Waals surface area contributed by atoms with E-state index in [4.69, 9.17) is 10.7 Å². The predicted octanol–water partition coefficient (Wildman–Crippen LogP) is 4.89. The van der Waals surface area contributed by atoms with Gasteiger partial charge in [0, 0.05) is 40.4 Å². The minimum absolute atomic E-state index is 0.0541. The Balaban J connectivity index is 1.36. The molecule has 0 saturated carbocycles. The van der Waals surface area contributed by atoms with E-state index in [9.17, 15) is 4.79 Å². The Labute approximate surface area is 233 Å². The number of nitrogens with two attached hydrogens (primary N) is 1. The van der Waals surface area contributed by atoms with Gasteiger partial charge in [0.15, 0.2) is 5.65 Å². The van der Waals surface area contributed by atoms with Crippen LogP contribution in [-0.2, 0) is 5.41 Å². The first-order valence-corrected chi connectivity index (χ1v) is 13.6. The van der Waals surface area contributed by atoms with Crippen LogP contribution in [0.3, 0.4) is 0 Å². The Hall–Kier alpha value is -4.12. The van der Waals surface area contributed by atoms with Gasteiger partial charge in [0.1, 0.15) is 12.1 Å². The first-order valence-electron chi connectivity index (χ1n) is 12.8. The maximum Gasteiger partial charge on any atom is 0.291 e. The number of halogens is 1. The number of anilines is 1. The number of H-pyrrole nitrogens is 1. The summed E-state index contributed by atoms with van der Waals surface area (Å²) in [6.07, 6.45) is 6.38. The van der Waals surface area contributed by atoms with Crippen molar-refractivity contribution in [2.45, 2.75) is 51.1 Å². The van der Waals surface area contributed by atoms with Gasteiger partial charge in [-0.2, -0.15) is 14.7 Å². The molecule has 5 aromatic rings. The van der Waals surface area contributed by atoms with Crippen LogP contribution in [0.4, 0.5) is 5.82 Å². The molecule has 2 atom stereocenters. The van der Waals surface area contributed by atoms with Crippen LogP contribution in [0.25, 0.3) is 28.0 Å². The maximum absolute atomic E-state index is 13.1. The third-order valence-corrected chi connectivity index (χ3v) is 8.41. The zero-order chi connectivity index (χ0) is 27.3. The molecule has 0 spiro atoms. The van der Waals surface area contributed by atoms with Crippen LogP contribution < -0.4 is 5.73 Å². The van der Waals surface area contributed by atoms with Crippen LogP contribution in [0.1, 0.15) is 49.9 Å². The quantitative estimate of drug-likeness (QED) is 0.307. The molecule has 0 aliphatic carbocycles. The average Bonchev–Trinajstić information content (AvgIpc) is 3.61. The summed E-state index contributed by atoms with van der Waals surface area (Å²) in [6.45, 7) is 6.30. The number of hydrogen-bond donors (Lipinski definition) is 2. The summed E-state index contributed by atoms with van der Waals surface area (Å²) in [4.78, 5) is 28.9. The minimum Gasteiger partial charge on any atom is -0.383 e. The van der Waals surface area contributed by atoms with Gasteiger partial charge in [0.25, 0.3) is 5.91 Å². The van der Waals surface area contributed by atoms with Crippen LogP contribution in [0.2, 0.25) is 0 Å². The number of likely N-dealkylation sites (tertiary alicyclic amines) is 1. The largest absolute Gasteiger partial charge is 0.383 e. The number of piperidine rings is 1. The number of carbonyl (C=O) groups excluding carboxylic acids is 1. The van der Waals surface area contributed by atoms with Crippen molar-refractivity contribution >= 4 is 33.3 Å². The molecule has 4 aromatic heterocycles. The van der Waals surface area contributed by atoms with Crippen LogP contribution in [0.5, 0.6) is 0 Å². The van der Waals surface area contributed by atoms with E-state index in [2.05, 4.69) is 62.0 Å². The lowest BCUT2D eigenvalue weighted by atomic mass is 9.72. The molecule has 1 aliphatic rings. The number of fused-ring (bicyclic) bond motifs is 1. The normalized spacial score (nSPS) is 21.4. The number of aromatic nitrogens is 7. The van der Waals surface area contributed by atoms with E-state index >= 15 is 0 Å². The number of nitrogen functional groups attached to an aromatic ring is 1.